The maximum absolute atomic E-state index is 12.9. The molecule has 1 heterocycles. The quantitative estimate of drug-likeness (QED) is 0.750. The summed E-state index contributed by atoms with van der Waals surface area (Å²) in [6, 6.07) is 5.65. The van der Waals surface area contributed by atoms with E-state index in [0.29, 0.717) is 13.0 Å². The molecular weight excluding hydrogens is 273 g/mol. The summed E-state index contributed by atoms with van der Waals surface area (Å²) < 4.78 is 12.9. The number of rotatable bonds is 4. The lowest BCUT2D eigenvalue weighted by Gasteiger charge is -2.31. The Morgan fingerprint density at radius 1 is 1.38 bits per heavy atom. The van der Waals surface area contributed by atoms with Crippen molar-refractivity contribution in [3.63, 3.8) is 0 Å². The molecule has 1 aliphatic rings. The summed E-state index contributed by atoms with van der Waals surface area (Å²) >= 11 is 0. The first-order valence-electron chi connectivity index (χ1n) is 6.92. The van der Waals surface area contributed by atoms with Gasteiger partial charge in [-0.1, -0.05) is 12.1 Å². The van der Waals surface area contributed by atoms with Gasteiger partial charge < -0.3 is 16.0 Å². The molecule has 5 nitrogen and oxygen atoms in total. The van der Waals surface area contributed by atoms with E-state index in [1.807, 2.05) is 13.8 Å². The van der Waals surface area contributed by atoms with Crippen molar-refractivity contribution in [2.45, 2.75) is 31.8 Å². The van der Waals surface area contributed by atoms with Crippen LogP contribution in [0.25, 0.3) is 0 Å². The Labute approximate surface area is 123 Å². The first-order chi connectivity index (χ1) is 9.85. The second-order valence-electron chi connectivity index (χ2n) is 5.93. The molecule has 2 rings (SSSR count). The normalized spacial score (nSPS) is 19.0. The van der Waals surface area contributed by atoms with Crippen LogP contribution in [-0.4, -0.2) is 36.5 Å². The Balaban J connectivity index is 1.94. The Morgan fingerprint density at radius 2 is 2.05 bits per heavy atom. The number of halogens is 1. The van der Waals surface area contributed by atoms with Gasteiger partial charge in [0.25, 0.3) is 0 Å². The Bertz CT molecular complexity index is 528. The van der Waals surface area contributed by atoms with E-state index < -0.39 is 11.6 Å². The SMILES string of the molecule is CC(C)(Cc1ccc(F)cc1)NC(=O)C1CNCC(=O)N1. The average Bonchev–Trinajstić information content (AvgIpc) is 2.40. The van der Waals surface area contributed by atoms with E-state index in [0.717, 1.165) is 5.56 Å². The van der Waals surface area contributed by atoms with Crippen molar-refractivity contribution in [2.75, 3.05) is 13.1 Å². The Kier molecular flexibility index (Phi) is 4.57. The van der Waals surface area contributed by atoms with Crippen LogP contribution < -0.4 is 16.0 Å². The molecule has 0 radical (unpaired) electrons. The van der Waals surface area contributed by atoms with Crippen molar-refractivity contribution >= 4 is 11.8 Å². The minimum absolute atomic E-state index is 0.183. The topological polar surface area (TPSA) is 70.2 Å². The van der Waals surface area contributed by atoms with Gasteiger partial charge >= 0.3 is 0 Å². The van der Waals surface area contributed by atoms with Gasteiger partial charge in [-0.05, 0) is 38.0 Å². The molecule has 0 aliphatic carbocycles. The molecule has 0 spiro atoms. The molecule has 1 unspecified atom stereocenters. The zero-order valence-electron chi connectivity index (χ0n) is 12.2. The highest BCUT2D eigenvalue weighted by Gasteiger charge is 2.29. The van der Waals surface area contributed by atoms with Crippen LogP contribution in [0.1, 0.15) is 19.4 Å². The predicted molar refractivity (Wildman–Crippen MR) is 77.1 cm³/mol. The maximum Gasteiger partial charge on any atom is 0.244 e. The van der Waals surface area contributed by atoms with Crippen LogP contribution in [-0.2, 0) is 16.0 Å². The maximum atomic E-state index is 12.9. The largest absolute Gasteiger partial charge is 0.349 e. The molecule has 1 atom stereocenters. The molecule has 2 amide bonds. The molecular formula is C15H20FN3O2. The van der Waals surface area contributed by atoms with E-state index in [4.69, 9.17) is 0 Å². The van der Waals surface area contributed by atoms with E-state index in [2.05, 4.69) is 16.0 Å². The fraction of sp³-hybridized carbons (Fsp3) is 0.467. The zero-order valence-corrected chi connectivity index (χ0v) is 12.2. The number of carbonyl (C=O) groups excluding carboxylic acids is 2. The average molecular weight is 293 g/mol. The summed E-state index contributed by atoms with van der Waals surface area (Å²) in [7, 11) is 0. The summed E-state index contributed by atoms with van der Waals surface area (Å²) in [4.78, 5) is 23.5. The summed E-state index contributed by atoms with van der Waals surface area (Å²) in [6.45, 7) is 4.45. The molecule has 0 bridgehead atoms. The lowest BCUT2D eigenvalue weighted by molar-refractivity contribution is -0.131. The first kappa shape index (κ1) is 15.4. The highest BCUT2D eigenvalue weighted by atomic mass is 19.1. The highest BCUT2D eigenvalue weighted by molar-refractivity contribution is 5.90. The molecule has 3 N–H and O–H groups in total. The van der Waals surface area contributed by atoms with Gasteiger partial charge in [-0.15, -0.1) is 0 Å². The van der Waals surface area contributed by atoms with Gasteiger partial charge in [0, 0.05) is 12.1 Å². The third-order valence-corrected chi connectivity index (χ3v) is 3.31. The minimum atomic E-state index is -0.557. The number of hydrogen-bond donors (Lipinski definition) is 3. The Morgan fingerprint density at radius 3 is 2.67 bits per heavy atom. The summed E-state index contributed by atoms with van der Waals surface area (Å²) in [6.07, 6.45) is 0.577. The molecule has 114 valence electrons. The molecule has 1 fully saturated rings. The molecule has 1 aromatic carbocycles. The molecule has 21 heavy (non-hydrogen) atoms. The van der Waals surface area contributed by atoms with Crippen molar-refractivity contribution in [2.24, 2.45) is 0 Å². The molecule has 6 heteroatoms. The molecule has 1 aromatic rings. The summed E-state index contributed by atoms with van der Waals surface area (Å²) in [5, 5.41) is 8.46. The standard InChI is InChI=1S/C15H20FN3O2/c1-15(2,7-10-3-5-11(16)6-4-10)19-14(21)12-8-17-9-13(20)18-12/h3-6,12,17H,7-9H2,1-2H3,(H,18,20)(H,19,21). The lowest BCUT2D eigenvalue weighted by atomic mass is 9.94. The second-order valence-corrected chi connectivity index (χ2v) is 5.93. The van der Waals surface area contributed by atoms with Crippen LogP contribution in [0.15, 0.2) is 24.3 Å². The van der Waals surface area contributed by atoms with Gasteiger partial charge in [-0.2, -0.15) is 0 Å². The van der Waals surface area contributed by atoms with Crippen molar-refractivity contribution < 1.29 is 14.0 Å². The van der Waals surface area contributed by atoms with Gasteiger partial charge in [0.1, 0.15) is 11.9 Å². The molecule has 1 aliphatic heterocycles. The van der Waals surface area contributed by atoms with E-state index in [1.165, 1.54) is 12.1 Å². The van der Waals surface area contributed by atoms with Crippen molar-refractivity contribution in [3.8, 4) is 0 Å². The van der Waals surface area contributed by atoms with E-state index in [1.54, 1.807) is 12.1 Å². The minimum Gasteiger partial charge on any atom is -0.349 e. The van der Waals surface area contributed by atoms with Gasteiger partial charge in [0.2, 0.25) is 11.8 Å². The number of carbonyl (C=O) groups is 2. The second kappa shape index (κ2) is 6.22. The number of hydrogen-bond acceptors (Lipinski definition) is 3. The summed E-state index contributed by atoms with van der Waals surface area (Å²) in [5.74, 6) is -0.683. The lowest BCUT2D eigenvalue weighted by Crippen LogP contribution is -2.61. The summed E-state index contributed by atoms with van der Waals surface area (Å²) in [5.41, 5.74) is 0.449. The Hall–Kier alpha value is -1.95. The van der Waals surface area contributed by atoms with Crippen LogP contribution in [0.2, 0.25) is 0 Å². The van der Waals surface area contributed by atoms with Crippen LogP contribution >= 0.6 is 0 Å². The van der Waals surface area contributed by atoms with Crippen LogP contribution in [0.5, 0.6) is 0 Å². The third-order valence-electron chi connectivity index (χ3n) is 3.31. The smallest absolute Gasteiger partial charge is 0.244 e. The molecule has 0 aromatic heterocycles. The van der Waals surface area contributed by atoms with Gasteiger partial charge in [-0.25, -0.2) is 4.39 Å². The van der Waals surface area contributed by atoms with E-state index >= 15 is 0 Å². The van der Waals surface area contributed by atoms with Crippen molar-refractivity contribution in [1.29, 1.82) is 0 Å². The number of piperazine rings is 1. The van der Waals surface area contributed by atoms with Crippen molar-refractivity contribution in [1.82, 2.24) is 16.0 Å². The van der Waals surface area contributed by atoms with Gasteiger partial charge in [0.15, 0.2) is 0 Å². The van der Waals surface area contributed by atoms with Gasteiger partial charge in [-0.3, -0.25) is 9.59 Å². The van der Waals surface area contributed by atoms with Crippen LogP contribution in [0, 0.1) is 5.82 Å². The number of benzene rings is 1. The van der Waals surface area contributed by atoms with E-state index in [9.17, 15) is 14.0 Å². The zero-order chi connectivity index (χ0) is 15.5. The fourth-order valence-corrected chi connectivity index (χ4v) is 2.36. The highest BCUT2D eigenvalue weighted by Crippen LogP contribution is 2.13. The van der Waals surface area contributed by atoms with Crippen LogP contribution in [0.3, 0.4) is 0 Å². The molecule has 1 saturated heterocycles. The molecule has 0 saturated carbocycles. The number of nitrogens with one attached hydrogen (secondary N) is 3. The fourth-order valence-electron chi connectivity index (χ4n) is 2.36. The first-order valence-corrected chi connectivity index (χ1v) is 6.92. The predicted octanol–water partition coefficient (Wildman–Crippen LogP) is 0.351. The van der Waals surface area contributed by atoms with Gasteiger partial charge in [0.05, 0.1) is 6.54 Å². The van der Waals surface area contributed by atoms with Crippen LogP contribution in [0.4, 0.5) is 4.39 Å². The monoisotopic (exact) mass is 293 g/mol. The number of amides is 2. The van der Waals surface area contributed by atoms with Crippen molar-refractivity contribution in [3.05, 3.63) is 35.6 Å². The third kappa shape index (κ3) is 4.53. The van der Waals surface area contributed by atoms with E-state index in [-0.39, 0.29) is 24.2 Å².